The van der Waals surface area contributed by atoms with E-state index in [2.05, 4.69) is 50.4 Å². The molecule has 0 fully saturated rings. The molecule has 0 aliphatic rings. The van der Waals surface area contributed by atoms with Crippen LogP contribution in [-0.4, -0.2) is 27.1 Å². The lowest BCUT2D eigenvalue weighted by atomic mass is 9.98. The molecule has 0 radical (unpaired) electrons. The predicted molar refractivity (Wildman–Crippen MR) is 79.4 cm³/mol. The second-order valence-electron chi connectivity index (χ2n) is 5.09. The normalized spacial score (nSPS) is 13.2. The van der Waals surface area contributed by atoms with Crippen LogP contribution in [0.5, 0.6) is 0 Å². The Morgan fingerprint density at radius 3 is 1.95 bits per heavy atom. The minimum Gasteiger partial charge on any atom is -0.354 e. The van der Waals surface area contributed by atoms with Gasteiger partial charge in [-0.3, -0.25) is 0 Å². The Labute approximate surface area is 117 Å². The van der Waals surface area contributed by atoms with E-state index in [4.69, 9.17) is 9.47 Å². The Balaban J connectivity index is 2.89. The van der Waals surface area contributed by atoms with Crippen LogP contribution in [0.25, 0.3) is 0 Å². The molecule has 1 unspecified atom stereocenters. The number of rotatable bonds is 8. The van der Waals surface area contributed by atoms with Crippen LogP contribution in [-0.2, 0) is 9.47 Å². The number of methoxy groups -OCH3 is 2. The van der Waals surface area contributed by atoms with Crippen molar-refractivity contribution in [2.45, 2.75) is 45.4 Å². The Morgan fingerprint density at radius 1 is 1.00 bits per heavy atom. The van der Waals surface area contributed by atoms with Crippen LogP contribution in [0.3, 0.4) is 0 Å². The second kappa shape index (κ2) is 8.31. The number of hydrogen-bond donors (Lipinski definition) is 1. The molecule has 0 amide bonds. The van der Waals surface area contributed by atoms with E-state index in [0.29, 0.717) is 5.92 Å². The van der Waals surface area contributed by atoms with E-state index in [9.17, 15) is 0 Å². The van der Waals surface area contributed by atoms with E-state index in [-0.39, 0.29) is 12.3 Å². The number of benzene rings is 1. The molecule has 3 heteroatoms. The third kappa shape index (κ3) is 4.60. The standard InChI is InChI=1S/C16H27NO2/c1-6-11-17-15(16(18-4)19-5)14-9-7-13(8-10-14)12(2)3/h7-10,12,15-17H,6,11H2,1-5H3. The molecule has 19 heavy (non-hydrogen) atoms. The highest BCUT2D eigenvalue weighted by atomic mass is 16.7. The summed E-state index contributed by atoms with van der Waals surface area (Å²) in [6, 6.07) is 8.75. The molecule has 1 rings (SSSR count). The summed E-state index contributed by atoms with van der Waals surface area (Å²) in [5.41, 5.74) is 2.55. The molecule has 0 aliphatic carbocycles. The third-order valence-electron chi connectivity index (χ3n) is 3.31. The maximum absolute atomic E-state index is 5.41. The lowest BCUT2D eigenvalue weighted by molar-refractivity contribution is -0.124. The molecular formula is C16H27NO2. The maximum atomic E-state index is 5.41. The van der Waals surface area contributed by atoms with Gasteiger partial charge in [-0.15, -0.1) is 0 Å². The Bertz CT molecular complexity index is 344. The van der Waals surface area contributed by atoms with Crippen LogP contribution in [0, 0.1) is 0 Å². The van der Waals surface area contributed by atoms with Gasteiger partial charge >= 0.3 is 0 Å². The van der Waals surface area contributed by atoms with Gasteiger partial charge in [-0.1, -0.05) is 45.0 Å². The highest BCUT2D eigenvalue weighted by Gasteiger charge is 2.22. The van der Waals surface area contributed by atoms with Crippen molar-refractivity contribution in [1.82, 2.24) is 5.32 Å². The average Bonchev–Trinajstić information content (AvgIpc) is 2.43. The topological polar surface area (TPSA) is 30.5 Å². The van der Waals surface area contributed by atoms with Crippen LogP contribution < -0.4 is 5.32 Å². The minimum absolute atomic E-state index is 0.0659. The summed E-state index contributed by atoms with van der Waals surface area (Å²) in [4.78, 5) is 0. The number of nitrogens with one attached hydrogen (secondary N) is 1. The van der Waals surface area contributed by atoms with Gasteiger partial charge in [0.15, 0.2) is 6.29 Å². The number of hydrogen-bond acceptors (Lipinski definition) is 3. The van der Waals surface area contributed by atoms with E-state index in [1.807, 2.05) is 0 Å². The van der Waals surface area contributed by atoms with E-state index in [1.54, 1.807) is 14.2 Å². The first-order valence-electron chi connectivity index (χ1n) is 7.02. The van der Waals surface area contributed by atoms with Crippen molar-refractivity contribution in [3.63, 3.8) is 0 Å². The predicted octanol–water partition coefficient (Wildman–Crippen LogP) is 3.47. The fourth-order valence-electron chi connectivity index (χ4n) is 2.13. The lowest BCUT2D eigenvalue weighted by Gasteiger charge is -2.26. The summed E-state index contributed by atoms with van der Waals surface area (Å²) in [6.07, 6.45) is 0.817. The SMILES string of the molecule is CCCNC(c1ccc(C(C)C)cc1)C(OC)OC. The largest absolute Gasteiger partial charge is 0.354 e. The third-order valence-corrected chi connectivity index (χ3v) is 3.31. The van der Waals surface area contributed by atoms with Gasteiger partial charge in [0.05, 0.1) is 6.04 Å². The molecule has 0 heterocycles. The van der Waals surface area contributed by atoms with Gasteiger partial charge in [0, 0.05) is 14.2 Å². The van der Waals surface area contributed by atoms with Gasteiger partial charge in [-0.05, 0) is 30.0 Å². The summed E-state index contributed by atoms with van der Waals surface area (Å²) in [5.74, 6) is 0.553. The summed E-state index contributed by atoms with van der Waals surface area (Å²) in [7, 11) is 3.36. The van der Waals surface area contributed by atoms with Crippen molar-refractivity contribution in [2.24, 2.45) is 0 Å². The van der Waals surface area contributed by atoms with Crippen LogP contribution >= 0.6 is 0 Å². The average molecular weight is 265 g/mol. The minimum atomic E-state index is -0.267. The van der Waals surface area contributed by atoms with Gasteiger partial charge in [-0.25, -0.2) is 0 Å². The first kappa shape index (κ1) is 16.2. The zero-order valence-corrected chi connectivity index (χ0v) is 12.8. The fourth-order valence-corrected chi connectivity index (χ4v) is 2.13. The molecule has 0 aromatic heterocycles. The van der Waals surface area contributed by atoms with Crippen molar-refractivity contribution in [2.75, 3.05) is 20.8 Å². The first-order chi connectivity index (χ1) is 9.13. The Kier molecular flexibility index (Phi) is 7.06. The molecule has 1 atom stereocenters. The van der Waals surface area contributed by atoms with Crippen molar-refractivity contribution < 1.29 is 9.47 Å². The quantitative estimate of drug-likeness (QED) is 0.730. The molecule has 108 valence electrons. The molecule has 1 aromatic carbocycles. The van der Waals surface area contributed by atoms with Crippen molar-refractivity contribution >= 4 is 0 Å². The first-order valence-corrected chi connectivity index (χ1v) is 7.02. The second-order valence-corrected chi connectivity index (χ2v) is 5.09. The maximum Gasteiger partial charge on any atom is 0.176 e. The van der Waals surface area contributed by atoms with Crippen LogP contribution in [0.2, 0.25) is 0 Å². The molecule has 0 saturated carbocycles. The smallest absolute Gasteiger partial charge is 0.176 e. The Morgan fingerprint density at radius 2 is 1.53 bits per heavy atom. The summed E-state index contributed by atoms with van der Waals surface area (Å²) < 4.78 is 10.8. The van der Waals surface area contributed by atoms with Crippen LogP contribution in [0.15, 0.2) is 24.3 Å². The zero-order valence-electron chi connectivity index (χ0n) is 12.8. The molecule has 0 aliphatic heterocycles. The van der Waals surface area contributed by atoms with Crippen molar-refractivity contribution in [1.29, 1.82) is 0 Å². The summed E-state index contributed by atoms with van der Waals surface area (Å²) in [5, 5.41) is 3.49. The van der Waals surface area contributed by atoms with Crippen LogP contribution in [0.1, 0.15) is 50.3 Å². The molecular weight excluding hydrogens is 238 g/mol. The van der Waals surface area contributed by atoms with Gasteiger partial charge in [-0.2, -0.15) is 0 Å². The van der Waals surface area contributed by atoms with E-state index < -0.39 is 0 Å². The van der Waals surface area contributed by atoms with E-state index in [0.717, 1.165) is 13.0 Å². The number of ether oxygens (including phenoxy) is 2. The van der Waals surface area contributed by atoms with E-state index >= 15 is 0 Å². The Hall–Kier alpha value is -0.900. The highest BCUT2D eigenvalue weighted by Crippen LogP contribution is 2.22. The van der Waals surface area contributed by atoms with E-state index in [1.165, 1.54) is 11.1 Å². The van der Waals surface area contributed by atoms with Gasteiger partial charge in [0.1, 0.15) is 0 Å². The van der Waals surface area contributed by atoms with Crippen molar-refractivity contribution in [3.8, 4) is 0 Å². The highest BCUT2D eigenvalue weighted by molar-refractivity contribution is 5.27. The summed E-state index contributed by atoms with van der Waals surface area (Å²) >= 11 is 0. The van der Waals surface area contributed by atoms with Gasteiger partial charge < -0.3 is 14.8 Å². The molecule has 0 spiro atoms. The zero-order chi connectivity index (χ0) is 14.3. The molecule has 1 N–H and O–H groups in total. The summed E-state index contributed by atoms with van der Waals surface area (Å²) in [6.45, 7) is 7.50. The van der Waals surface area contributed by atoms with Crippen molar-refractivity contribution in [3.05, 3.63) is 35.4 Å². The van der Waals surface area contributed by atoms with Gasteiger partial charge in [0.2, 0.25) is 0 Å². The molecule has 1 aromatic rings. The van der Waals surface area contributed by atoms with Crippen LogP contribution in [0.4, 0.5) is 0 Å². The van der Waals surface area contributed by atoms with Gasteiger partial charge in [0.25, 0.3) is 0 Å². The molecule has 0 bridgehead atoms. The molecule has 0 saturated heterocycles. The monoisotopic (exact) mass is 265 g/mol. The lowest BCUT2D eigenvalue weighted by Crippen LogP contribution is -2.35. The molecule has 3 nitrogen and oxygen atoms in total. The fraction of sp³-hybridized carbons (Fsp3) is 0.625.